The Morgan fingerprint density at radius 3 is 2.38 bits per heavy atom. The molecule has 0 aromatic heterocycles. The van der Waals surface area contributed by atoms with Gasteiger partial charge < -0.3 is 14.8 Å². The van der Waals surface area contributed by atoms with Crippen LogP contribution in [0.25, 0.3) is 0 Å². The third kappa shape index (κ3) is 5.55. The number of carbonyl (C=O) groups excluding carboxylic acids is 2. The van der Waals surface area contributed by atoms with Crippen molar-refractivity contribution in [1.29, 1.82) is 0 Å². The Hall–Kier alpha value is -1.88. The topological polar surface area (TPSA) is 64.6 Å². The van der Waals surface area contributed by atoms with Crippen molar-refractivity contribution in [2.45, 2.75) is 32.7 Å². The maximum Gasteiger partial charge on any atom is 0.307 e. The Bertz CT molecular complexity index is 456. The van der Waals surface area contributed by atoms with Crippen LogP contribution >= 0.6 is 0 Å². The van der Waals surface area contributed by atoms with Crippen LogP contribution in [0.2, 0.25) is 0 Å². The number of Topliss-reactive ketones (excluding diaryl/α,β-unsaturated/α-hetero) is 1. The lowest BCUT2D eigenvalue weighted by Crippen LogP contribution is -2.36. The van der Waals surface area contributed by atoms with Crippen molar-refractivity contribution in [2.75, 3.05) is 20.3 Å². The molecule has 0 aliphatic carbocycles. The molecule has 0 bridgehead atoms. The summed E-state index contributed by atoms with van der Waals surface area (Å²) < 4.78 is 10.3. The van der Waals surface area contributed by atoms with Crippen LogP contribution in [0.4, 0.5) is 0 Å². The lowest BCUT2D eigenvalue weighted by molar-refractivity contribution is -0.143. The molecular weight excluding hydrogens is 270 g/mol. The molecule has 1 aromatic rings. The molecular formula is C16H23NO4. The van der Waals surface area contributed by atoms with Crippen LogP contribution in [0.3, 0.4) is 0 Å². The minimum Gasteiger partial charge on any atom is -0.494 e. The Morgan fingerprint density at radius 2 is 1.86 bits per heavy atom. The van der Waals surface area contributed by atoms with Crippen molar-refractivity contribution in [2.24, 2.45) is 0 Å². The molecule has 1 N–H and O–H groups in total. The second-order valence-corrected chi connectivity index (χ2v) is 4.59. The van der Waals surface area contributed by atoms with E-state index in [1.807, 2.05) is 6.92 Å². The van der Waals surface area contributed by atoms with Gasteiger partial charge in [-0.3, -0.25) is 9.59 Å². The van der Waals surface area contributed by atoms with E-state index in [9.17, 15) is 9.59 Å². The van der Waals surface area contributed by atoms with Gasteiger partial charge in [-0.1, -0.05) is 6.92 Å². The molecule has 0 heterocycles. The van der Waals surface area contributed by atoms with Gasteiger partial charge in [0.15, 0.2) is 5.78 Å². The van der Waals surface area contributed by atoms with Crippen LogP contribution in [0.15, 0.2) is 24.3 Å². The maximum atomic E-state index is 12.3. The lowest BCUT2D eigenvalue weighted by Gasteiger charge is -2.14. The van der Waals surface area contributed by atoms with E-state index >= 15 is 0 Å². The molecule has 1 atom stereocenters. The summed E-state index contributed by atoms with van der Waals surface area (Å²) in [5.41, 5.74) is 0.544. The van der Waals surface area contributed by atoms with Crippen LogP contribution in [0.5, 0.6) is 5.75 Å². The first-order valence-electron chi connectivity index (χ1n) is 7.22. The minimum atomic E-state index is -0.577. The van der Waals surface area contributed by atoms with Gasteiger partial charge in [-0.15, -0.1) is 0 Å². The van der Waals surface area contributed by atoms with Crippen LogP contribution in [0.1, 0.15) is 37.0 Å². The minimum absolute atomic E-state index is 0.0251. The number of esters is 1. The molecule has 1 unspecified atom stereocenters. The van der Waals surface area contributed by atoms with Gasteiger partial charge in [-0.25, -0.2) is 0 Å². The van der Waals surface area contributed by atoms with Gasteiger partial charge in [-0.2, -0.15) is 0 Å². The van der Waals surface area contributed by atoms with Crippen molar-refractivity contribution < 1.29 is 19.1 Å². The van der Waals surface area contributed by atoms with Gasteiger partial charge in [0.1, 0.15) is 5.75 Å². The molecule has 0 spiro atoms. The van der Waals surface area contributed by atoms with E-state index in [1.54, 1.807) is 38.2 Å². The van der Waals surface area contributed by atoms with Gasteiger partial charge in [-0.05, 0) is 44.7 Å². The van der Waals surface area contributed by atoms with Gasteiger partial charge >= 0.3 is 5.97 Å². The Balaban J connectivity index is 2.69. The van der Waals surface area contributed by atoms with E-state index in [-0.39, 0.29) is 18.2 Å². The van der Waals surface area contributed by atoms with Crippen LogP contribution in [-0.4, -0.2) is 38.1 Å². The lowest BCUT2D eigenvalue weighted by atomic mass is 10.0. The summed E-state index contributed by atoms with van der Waals surface area (Å²) >= 11 is 0. The highest BCUT2D eigenvalue weighted by Crippen LogP contribution is 2.14. The normalized spacial score (nSPS) is 11.8. The third-order valence-corrected chi connectivity index (χ3v) is 2.95. The number of ketones is 1. The molecule has 5 heteroatoms. The predicted molar refractivity (Wildman–Crippen MR) is 80.7 cm³/mol. The average Bonchev–Trinajstić information content (AvgIpc) is 2.50. The fourth-order valence-electron chi connectivity index (χ4n) is 1.85. The van der Waals surface area contributed by atoms with E-state index in [0.717, 1.165) is 12.2 Å². The van der Waals surface area contributed by atoms with Crippen LogP contribution < -0.4 is 10.1 Å². The maximum absolute atomic E-state index is 12.3. The summed E-state index contributed by atoms with van der Waals surface area (Å²) in [7, 11) is 1.65. The monoisotopic (exact) mass is 293 g/mol. The van der Waals surface area contributed by atoms with E-state index in [2.05, 4.69) is 5.32 Å². The third-order valence-electron chi connectivity index (χ3n) is 2.95. The van der Waals surface area contributed by atoms with Crippen molar-refractivity contribution in [1.82, 2.24) is 5.32 Å². The first-order valence-corrected chi connectivity index (χ1v) is 7.22. The molecule has 0 saturated heterocycles. The largest absolute Gasteiger partial charge is 0.494 e. The highest BCUT2D eigenvalue weighted by Gasteiger charge is 2.22. The summed E-state index contributed by atoms with van der Waals surface area (Å²) in [6, 6.07) is 6.37. The van der Waals surface area contributed by atoms with Gasteiger partial charge in [0, 0.05) is 5.56 Å². The Labute approximate surface area is 125 Å². The first kappa shape index (κ1) is 17.2. The smallest absolute Gasteiger partial charge is 0.307 e. The Kier molecular flexibility index (Phi) is 7.46. The van der Waals surface area contributed by atoms with Gasteiger partial charge in [0.25, 0.3) is 0 Å². The molecule has 0 fully saturated rings. The highest BCUT2D eigenvalue weighted by atomic mass is 16.5. The first-order chi connectivity index (χ1) is 10.1. The second-order valence-electron chi connectivity index (χ2n) is 4.59. The van der Waals surface area contributed by atoms with E-state index < -0.39 is 6.04 Å². The second kappa shape index (κ2) is 9.13. The highest BCUT2D eigenvalue weighted by molar-refractivity contribution is 6.01. The molecule has 5 nitrogen and oxygen atoms in total. The fourth-order valence-corrected chi connectivity index (χ4v) is 1.85. The number of hydrogen-bond donors (Lipinski definition) is 1. The number of hydrogen-bond acceptors (Lipinski definition) is 5. The zero-order valence-electron chi connectivity index (χ0n) is 12.8. The molecule has 1 rings (SSSR count). The quantitative estimate of drug-likeness (QED) is 0.558. The molecule has 0 radical (unpaired) electrons. The fraction of sp³-hybridized carbons (Fsp3) is 0.500. The molecule has 0 amide bonds. The number of nitrogens with one attached hydrogen (secondary N) is 1. The van der Waals surface area contributed by atoms with Crippen molar-refractivity contribution in [3.63, 3.8) is 0 Å². The zero-order chi connectivity index (χ0) is 15.7. The molecule has 0 aliphatic heterocycles. The van der Waals surface area contributed by atoms with E-state index in [1.165, 1.54) is 0 Å². The Morgan fingerprint density at radius 1 is 1.19 bits per heavy atom. The predicted octanol–water partition coefficient (Wildman–Crippen LogP) is 2.20. The summed E-state index contributed by atoms with van der Waals surface area (Å²) in [6.45, 7) is 4.73. The van der Waals surface area contributed by atoms with E-state index in [4.69, 9.17) is 9.47 Å². The van der Waals surface area contributed by atoms with Crippen molar-refractivity contribution in [3.05, 3.63) is 29.8 Å². The van der Waals surface area contributed by atoms with Crippen molar-refractivity contribution >= 4 is 11.8 Å². The van der Waals surface area contributed by atoms with Crippen LogP contribution in [-0.2, 0) is 9.53 Å². The number of benzene rings is 1. The molecule has 0 aliphatic rings. The number of ether oxygens (including phenoxy) is 2. The molecule has 1 aromatic carbocycles. The SMILES string of the molecule is CCCOc1ccc(C(=O)C(CC(=O)OCC)NC)cc1. The standard InChI is InChI=1S/C16H23NO4/c1-4-10-21-13-8-6-12(7-9-13)16(19)14(17-3)11-15(18)20-5-2/h6-9,14,17H,4-5,10-11H2,1-3H3. The van der Waals surface area contributed by atoms with Crippen LogP contribution in [0, 0.1) is 0 Å². The molecule has 0 saturated carbocycles. The van der Waals surface area contributed by atoms with Gasteiger partial charge in [0.2, 0.25) is 0 Å². The van der Waals surface area contributed by atoms with Gasteiger partial charge in [0.05, 0.1) is 25.7 Å². The molecule has 116 valence electrons. The molecule has 21 heavy (non-hydrogen) atoms. The summed E-state index contributed by atoms with van der Waals surface area (Å²) in [5, 5.41) is 2.86. The van der Waals surface area contributed by atoms with E-state index in [0.29, 0.717) is 18.8 Å². The number of likely N-dealkylation sites (N-methyl/N-ethyl adjacent to an activating group) is 1. The summed E-state index contributed by atoms with van der Waals surface area (Å²) in [6.07, 6.45) is 0.958. The number of rotatable bonds is 9. The average molecular weight is 293 g/mol. The van der Waals surface area contributed by atoms with Crippen molar-refractivity contribution in [3.8, 4) is 5.75 Å². The zero-order valence-corrected chi connectivity index (χ0v) is 12.8. The number of carbonyl (C=O) groups is 2. The summed E-state index contributed by atoms with van der Waals surface area (Å²) in [5.74, 6) is 0.223. The summed E-state index contributed by atoms with van der Waals surface area (Å²) in [4.78, 5) is 23.8.